The molecule has 13 nitrogen and oxygen atoms in total. The zero-order chi connectivity index (χ0) is 35.2. The van der Waals surface area contributed by atoms with Crippen molar-refractivity contribution in [3.8, 4) is 45.6 Å². The molecule has 0 bridgehead atoms. The zero-order valence-electron chi connectivity index (χ0n) is 28.5. The van der Waals surface area contributed by atoms with Gasteiger partial charge in [0.05, 0.1) is 47.5 Å². The number of pyridine rings is 1. The summed E-state index contributed by atoms with van der Waals surface area (Å²) in [5.41, 5.74) is 0.139. The molecule has 4 aromatic rings. The number of benzene rings is 3. The van der Waals surface area contributed by atoms with Crippen LogP contribution in [-0.2, 0) is 14.2 Å². The Hall–Kier alpha value is -5.43. The quantitative estimate of drug-likeness (QED) is 0.144. The second-order valence-corrected chi connectivity index (χ2v) is 11.3. The average Bonchev–Trinajstić information content (AvgIpc) is 3.06. The van der Waals surface area contributed by atoms with Gasteiger partial charge < -0.3 is 37.9 Å². The van der Waals surface area contributed by atoms with Gasteiger partial charge in [-0.3, -0.25) is 14.7 Å². The first kappa shape index (κ1) is 35.4. The van der Waals surface area contributed by atoms with Gasteiger partial charge in [0.15, 0.2) is 23.0 Å². The standard InChI is InChI=1S/C35H40N2O11/c1-35(2,3)48-34(40)36-21-10-12-22(13-11-21)37-30(33(39)46-9)29(20-16-27(43-6)31(45-8)28(17-20)44-7)23-18-26(47-15-14-41-4)25(42-5)19-24(23)32(37)38/h10-13,16-19H,14-15H2,1-9H3,(H,36,40). The Morgan fingerprint density at radius 1 is 0.750 bits per heavy atom. The molecule has 1 amide bonds. The molecule has 256 valence electrons. The van der Waals surface area contributed by atoms with Crippen molar-refractivity contribution in [3.63, 3.8) is 0 Å². The van der Waals surface area contributed by atoms with Gasteiger partial charge in [-0.15, -0.1) is 0 Å². The molecule has 4 rings (SSSR count). The van der Waals surface area contributed by atoms with Crippen LogP contribution >= 0.6 is 0 Å². The second kappa shape index (κ2) is 15.0. The maximum Gasteiger partial charge on any atom is 0.412 e. The van der Waals surface area contributed by atoms with Crippen LogP contribution in [0.2, 0.25) is 0 Å². The van der Waals surface area contributed by atoms with E-state index in [0.29, 0.717) is 63.2 Å². The van der Waals surface area contributed by atoms with E-state index in [4.69, 9.17) is 37.9 Å². The molecule has 3 aromatic carbocycles. The Morgan fingerprint density at radius 2 is 1.35 bits per heavy atom. The van der Waals surface area contributed by atoms with Crippen LogP contribution in [-0.4, -0.2) is 78.1 Å². The minimum absolute atomic E-state index is 0.0925. The molecule has 1 N–H and O–H groups in total. The van der Waals surface area contributed by atoms with Gasteiger partial charge in [-0.05, 0) is 74.9 Å². The summed E-state index contributed by atoms with van der Waals surface area (Å²) in [6, 6.07) is 12.9. The first-order valence-corrected chi connectivity index (χ1v) is 14.8. The number of aromatic nitrogens is 1. The van der Waals surface area contributed by atoms with Crippen LogP contribution in [0.15, 0.2) is 53.3 Å². The fourth-order valence-corrected chi connectivity index (χ4v) is 5.08. The SMILES string of the molecule is COCCOc1cc2c(-c3cc(OC)c(OC)c(OC)c3)c(C(=O)OC)n(-c3ccc(NC(=O)OC(C)(C)C)cc3)c(=O)c2cc1OC. The molecule has 0 atom stereocenters. The number of amides is 1. The third kappa shape index (κ3) is 7.41. The number of rotatable bonds is 12. The number of hydrogen-bond donors (Lipinski definition) is 1. The smallest absolute Gasteiger partial charge is 0.412 e. The number of fused-ring (bicyclic) bond motifs is 1. The monoisotopic (exact) mass is 664 g/mol. The first-order valence-electron chi connectivity index (χ1n) is 14.8. The summed E-state index contributed by atoms with van der Waals surface area (Å²) >= 11 is 0. The normalized spacial score (nSPS) is 11.1. The number of nitrogens with one attached hydrogen (secondary N) is 1. The Balaban J connectivity index is 2.10. The van der Waals surface area contributed by atoms with E-state index in [0.717, 1.165) is 0 Å². The van der Waals surface area contributed by atoms with Gasteiger partial charge in [0.25, 0.3) is 5.56 Å². The van der Waals surface area contributed by atoms with Gasteiger partial charge in [-0.1, -0.05) is 0 Å². The lowest BCUT2D eigenvalue weighted by atomic mass is 9.95. The fraction of sp³-hybridized carbons (Fsp3) is 0.343. The lowest BCUT2D eigenvalue weighted by Gasteiger charge is -2.22. The van der Waals surface area contributed by atoms with Crippen LogP contribution in [0.1, 0.15) is 31.3 Å². The number of ether oxygens (including phenoxy) is 8. The summed E-state index contributed by atoms with van der Waals surface area (Å²) < 4.78 is 45.3. The van der Waals surface area contributed by atoms with Crippen molar-refractivity contribution >= 4 is 28.5 Å². The maximum atomic E-state index is 14.4. The predicted molar refractivity (Wildman–Crippen MR) is 180 cm³/mol. The molecule has 0 aliphatic rings. The van der Waals surface area contributed by atoms with Crippen LogP contribution in [0.3, 0.4) is 0 Å². The first-order chi connectivity index (χ1) is 22.9. The highest BCUT2D eigenvalue weighted by atomic mass is 16.6. The number of anilines is 1. The number of carbonyl (C=O) groups is 2. The molecule has 1 aromatic heterocycles. The molecule has 0 aliphatic carbocycles. The zero-order valence-corrected chi connectivity index (χ0v) is 28.5. The van der Waals surface area contributed by atoms with Crippen molar-refractivity contribution in [2.75, 3.05) is 61.2 Å². The van der Waals surface area contributed by atoms with E-state index in [-0.39, 0.29) is 17.7 Å². The van der Waals surface area contributed by atoms with Gasteiger partial charge in [0.2, 0.25) is 5.75 Å². The molecular formula is C35H40N2O11. The maximum absolute atomic E-state index is 14.4. The number of nitrogens with zero attached hydrogens (tertiary/aromatic N) is 1. The van der Waals surface area contributed by atoms with Gasteiger partial charge in [0.1, 0.15) is 17.9 Å². The summed E-state index contributed by atoms with van der Waals surface area (Å²) in [6.45, 7) is 5.76. The Kier molecular flexibility index (Phi) is 11.1. The number of carbonyl (C=O) groups excluding carboxylic acids is 2. The third-order valence-corrected chi connectivity index (χ3v) is 7.12. The lowest BCUT2D eigenvalue weighted by molar-refractivity contribution is 0.0589. The summed E-state index contributed by atoms with van der Waals surface area (Å²) in [4.78, 5) is 40.6. The largest absolute Gasteiger partial charge is 0.493 e. The molecule has 0 saturated heterocycles. The van der Waals surface area contributed by atoms with Gasteiger partial charge >= 0.3 is 12.1 Å². The topological polar surface area (TPSA) is 142 Å². The molecule has 0 aliphatic heterocycles. The highest BCUT2D eigenvalue weighted by molar-refractivity contribution is 6.08. The van der Waals surface area contributed by atoms with Gasteiger partial charge in [-0.25, -0.2) is 9.59 Å². The molecule has 0 radical (unpaired) electrons. The molecule has 13 heteroatoms. The molecule has 1 heterocycles. The minimum atomic E-state index is -0.800. The molecule has 0 fully saturated rings. The number of hydrogen-bond acceptors (Lipinski definition) is 11. The van der Waals surface area contributed by atoms with Crippen LogP contribution < -0.4 is 34.6 Å². The second-order valence-electron chi connectivity index (χ2n) is 11.3. The Labute approximate surface area is 278 Å². The van der Waals surface area contributed by atoms with Crippen LogP contribution in [0.4, 0.5) is 10.5 Å². The van der Waals surface area contributed by atoms with Crippen molar-refractivity contribution in [3.05, 3.63) is 64.6 Å². The van der Waals surface area contributed by atoms with Crippen molar-refractivity contribution in [2.24, 2.45) is 0 Å². The van der Waals surface area contributed by atoms with Crippen LogP contribution in [0.5, 0.6) is 28.7 Å². The highest BCUT2D eigenvalue weighted by Crippen LogP contribution is 2.45. The number of esters is 1. The van der Waals surface area contributed by atoms with E-state index in [1.165, 1.54) is 40.1 Å². The van der Waals surface area contributed by atoms with E-state index in [1.807, 2.05) is 0 Å². The summed E-state index contributed by atoms with van der Waals surface area (Å²) in [5, 5.41) is 3.24. The lowest BCUT2D eigenvalue weighted by Crippen LogP contribution is -2.27. The van der Waals surface area contributed by atoms with Crippen molar-refractivity contribution in [1.29, 1.82) is 0 Å². The Bertz CT molecular complexity index is 1830. The fourth-order valence-electron chi connectivity index (χ4n) is 5.08. The summed E-state index contributed by atoms with van der Waals surface area (Å²) in [6.07, 6.45) is -0.645. The molecular weight excluding hydrogens is 624 g/mol. The molecule has 0 spiro atoms. The predicted octanol–water partition coefficient (Wildman–Crippen LogP) is 5.85. The molecule has 0 unspecified atom stereocenters. The molecule has 48 heavy (non-hydrogen) atoms. The van der Waals surface area contributed by atoms with E-state index in [1.54, 1.807) is 76.4 Å². The van der Waals surface area contributed by atoms with Crippen molar-refractivity contribution < 1.29 is 47.5 Å². The minimum Gasteiger partial charge on any atom is -0.493 e. The van der Waals surface area contributed by atoms with Crippen molar-refractivity contribution in [2.45, 2.75) is 26.4 Å². The van der Waals surface area contributed by atoms with Crippen LogP contribution in [0, 0.1) is 0 Å². The van der Waals surface area contributed by atoms with Gasteiger partial charge in [0, 0.05) is 29.4 Å². The number of methoxy groups -OCH3 is 6. The van der Waals surface area contributed by atoms with E-state index >= 15 is 0 Å². The Morgan fingerprint density at radius 3 is 1.88 bits per heavy atom. The highest BCUT2D eigenvalue weighted by Gasteiger charge is 2.28. The van der Waals surface area contributed by atoms with Gasteiger partial charge in [-0.2, -0.15) is 0 Å². The summed E-state index contributed by atoms with van der Waals surface area (Å²) in [5.74, 6) is 0.778. The van der Waals surface area contributed by atoms with Crippen molar-refractivity contribution in [1.82, 2.24) is 4.57 Å². The van der Waals surface area contributed by atoms with E-state index in [9.17, 15) is 14.4 Å². The average molecular weight is 665 g/mol. The summed E-state index contributed by atoms with van der Waals surface area (Å²) in [7, 11) is 8.66. The molecule has 0 saturated carbocycles. The van der Waals surface area contributed by atoms with Crippen LogP contribution in [0.25, 0.3) is 27.6 Å². The van der Waals surface area contributed by atoms with E-state index < -0.39 is 23.2 Å². The third-order valence-electron chi connectivity index (χ3n) is 7.12. The van der Waals surface area contributed by atoms with E-state index in [2.05, 4.69) is 5.32 Å².